The van der Waals surface area contributed by atoms with Gasteiger partial charge in [-0.2, -0.15) is 0 Å². The lowest BCUT2D eigenvalue weighted by molar-refractivity contribution is -0.138. The van der Waals surface area contributed by atoms with E-state index >= 15 is 0 Å². The maximum Gasteiger partial charge on any atom is 0.330 e. The number of methoxy groups -OCH3 is 1. The van der Waals surface area contributed by atoms with Crippen molar-refractivity contribution in [3.05, 3.63) is 12.2 Å². The molecule has 0 aromatic rings. The van der Waals surface area contributed by atoms with E-state index in [-0.39, 0.29) is 0 Å². The summed E-state index contributed by atoms with van der Waals surface area (Å²) in [5.74, 6) is -1.26. The first-order chi connectivity index (χ1) is 7.48. The number of nitrogens with zero attached hydrogens (tertiary/aromatic N) is 1. The number of rotatable bonds is 3. The Kier molecular flexibility index (Phi) is 4.03. The highest BCUT2D eigenvalue weighted by Gasteiger charge is 2.39. The minimum Gasteiger partial charge on any atom is -0.466 e. The molecule has 0 unspecified atom stereocenters. The molecular formula is C10H15NO5. The molecule has 0 aromatic heterocycles. The average molecular weight is 229 g/mol. The third kappa shape index (κ3) is 3.32. The lowest BCUT2D eigenvalue weighted by Gasteiger charge is -2.15. The first-order valence-corrected chi connectivity index (χ1v) is 4.78. The van der Waals surface area contributed by atoms with E-state index in [0.29, 0.717) is 0 Å². The first kappa shape index (κ1) is 12.7. The molecule has 1 N–H and O–H groups in total. The molecule has 90 valence electrons. The van der Waals surface area contributed by atoms with E-state index in [1.54, 1.807) is 13.8 Å². The molecule has 1 saturated heterocycles. The quantitative estimate of drug-likeness (QED) is 0.253. The molecule has 1 aliphatic heterocycles. The highest BCUT2D eigenvalue weighted by Crippen LogP contribution is 2.27. The van der Waals surface area contributed by atoms with Gasteiger partial charge >= 0.3 is 5.97 Å². The summed E-state index contributed by atoms with van der Waals surface area (Å²) in [6.07, 6.45) is 2.95. The van der Waals surface area contributed by atoms with Crippen molar-refractivity contribution in [2.75, 3.05) is 7.11 Å². The normalized spacial score (nSPS) is 28.9. The van der Waals surface area contributed by atoms with Crippen LogP contribution in [0.4, 0.5) is 0 Å². The smallest absolute Gasteiger partial charge is 0.330 e. The van der Waals surface area contributed by atoms with Gasteiger partial charge in [-0.3, -0.25) is 0 Å². The summed E-state index contributed by atoms with van der Waals surface area (Å²) >= 11 is 0. The Labute approximate surface area is 93.5 Å². The Morgan fingerprint density at radius 2 is 2.06 bits per heavy atom. The number of esters is 1. The third-order valence-electron chi connectivity index (χ3n) is 2.00. The van der Waals surface area contributed by atoms with Gasteiger partial charge in [0.05, 0.1) is 13.3 Å². The van der Waals surface area contributed by atoms with Crippen molar-refractivity contribution >= 4 is 12.2 Å². The van der Waals surface area contributed by atoms with Crippen LogP contribution < -0.4 is 0 Å². The van der Waals surface area contributed by atoms with Crippen LogP contribution in [0.1, 0.15) is 13.8 Å². The van der Waals surface area contributed by atoms with Gasteiger partial charge in [0.25, 0.3) is 0 Å². The fourth-order valence-corrected chi connectivity index (χ4v) is 1.39. The average Bonchev–Trinajstić information content (AvgIpc) is 2.50. The van der Waals surface area contributed by atoms with Gasteiger partial charge in [0.15, 0.2) is 5.79 Å². The molecule has 0 aromatic carbocycles. The Hall–Kier alpha value is -1.40. The van der Waals surface area contributed by atoms with Crippen molar-refractivity contribution < 1.29 is 24.2 Å². The van der Waals surface area contributed by atoms with Crippen molar-refractivity contribution in [2.24, 2.45) is 5.16 Å². The number of ether oxygens (including phenoxy) is 3. The van der Waals surface area contributed by atoms with Gasteiger partial charge in [-0.05, 0) is 19.9 Å². The van der Waals surface area contributed by atoms with E-state index < -0.39 is 24.0 Å². The topological polar surface area (TPSA) is 77.4 Å². The maximum absolute atomic E-state index is 10.9. The monoisotopic (exact) mass is 229 g/mol. The van der Waals surface area contributed by atoms with Crippen LogP contribution in [0.5, 0.6) is 0 Å². The van der Waals surface area contributed by atoms with Crippen LogP contribution in [-0.4, -0.2) is 42.5 Å². The first-order valence-electron chi connectivity index (χ1n) is 4.78. The largest absolute Gasteiger partial charge is 0.466 e. The van der Waals surface area contributed by atoms with Crippen LogP contribution in [0.2, 0.25) is 0 Å². The molecule has 0 radical (unpaired) electrons. The summed E-state index contributed by atoms with van der Waals surface area (Å²) in [6.45, 7) is 3.47. The van der Waals surface area contributed by atoms with Crippen molar-refractivity contribution in [3.8, 4) is 0 Å². The van der Waals surface area contributed by atoms with E-state index in [0.717, 1.165) is 0 Å². The summed E-state index contributed by atoms with van der Waals surface area (Å²) in [5, 5.41) is 11.4. The van der Waals surface area contributed by atoms with Crippen molar-refractivity contribution in [2.45, 2.75) is 31.8 Å². The van der Waals surface area contributed by atoms with Crippen molar-refractivity contribution in [1.29, 1.82) is 0 Å². The van der Waals surface area contributed by atoms with Crippen LogP contribution in [0, 0.1) is 0 Å². The van der Waals surface area contributed by atoms with Crippen LogP contribution >= 0.6 is 0 Å². The van der Waals surface area contributed by atoms with Gasteiger partial charge in [0.2, 0.25) is 0 Å². The highest BCUT2D eigenvalue weighted by atomic mass is 16.7. The minimum atomic E-state index is -0.781. The standard InChI is InChI=1S/C10H15NO5/c1-10(2)15-7(4-5-9(12)14-3)8(16-10)6-11-13/h4-8,13H,1-3H3/b5-4-,11-6+/t7-,8+/m1/s1. The Morgan fingerprint density at radius 3 is 2.62 bits per heavy atom. The predicted molar refractivity (Wildman–Crippen MR) is 55.3 cm³/mol. The molecule has 0 aliphatic carbocycles. The molecule has 0 amide bonds. The molecular weight excluding hydrogens is 214 g/mol. The minimum absolute atomic E-state index is 0.479. The lowest BCUT2D eigenvalue weighted by Crippen LogP contribution is -2.22. The van der Waals surface area contributed by atoms with Gasteiger partial charge in [0, 0.05) is 6.08 Å². The predicted octanol–water partition coefficient (Wildman–Crippen LogP) is 0.696. The van der Waals surface area contributed by atoms with E-state index in [4.69, 9.17) is 14.7 Å². The molecule has 1 heterocycles. The molecule has 2 atom stereocenters. The second-order valence-electron chi connectivity index (χ2n) is 3.71. The zero-order valence-corrected chi connectivity index (χ0v) is 9.41. The van der Waals surface area contributed by atoms with Crippen LogP contribution in [-0.2, 0) is 19.0 Å². The van der Waals surface area contributed by atoms with Crippen LogP contribution in [0.15, 0.2) is 17.3 Å². The van der Waals surface area contributed by atoms with Gasteiger partial charge in [-0.1, -0.05) is 5.16 Å². The Bertz CT molecular complexity index is 310. The second-order valence-corrected chi connectivity index (χ2v) is 3.71. The molecule has 1 aliphatic rings. The summed E-state index contributed by atoms with van der Waals surface area (Å²) in [6, 6.07) is 0. The van der Waals surface area contributed by atoms with Gasteiger partial charge in [-0.15, -0.1) is 0 Å². The summed E-state index contributed by atoms with van der Waals surface area (Å²) < 4.78 is 15.4. The van der Waals surface area contributed by atoms with Gasteiger partial charge in [-0.25, -0.2) is 4.79 Å². The van der Waals surface area contributed by atoms with Gasteiger partial charge < -0.3 is 19.4 Å². The third-order valence-corrected chi connectivity index (χ3v) is 2.00. The SMILES string of the molecule is COC(=O)/C=C\[C@H]1OC(C)(C)O[C@H]1/C=N/O. The summed E-state index contributed by atoms with van der Waals surface area (Å²) in [5.41, 5.74) is 0. The van der Waals surface area contributed by atoms with E-state index in [9.17, 15) is 4.79 Å². The number of hydrogen-bond acceptors (Lipinski definition) is 6. The number of oxime groups is 1. The fraction of sp³-hybridized carbons (Fsp3) is 0.600. The van der Waals surface area contributed by atoms with E-state index in [1.807, 2.05) is 0 Å². The number of hydrogen-bond donors (Lipinski definition) is 1. The summed E-state index contributed by atoms with van der Waals surface area (Å²) in [7, 11) is 1.29. The van der Waals surface area contributed by atoms with E-state index in [1.165, 1.54) is 25.5 Å². The maximum atomic E-state index is 10.9. The molecule has 1 fully saturated rings. The molecule has 6 nitrogen and oxygen atoms in total. The molecule has 0 bridgehead atoms. The van der Waals surface area contributed by atoms with Crippen LogP contribution in [0.25, 0.3) is 0 Å². The van der Waals surface area contributed by atoms with Crippen molar-refractivity contribution in [1.82, 2.24) is 0 Å². The van der Waals surface area contributed by atoms with Gasteiger partial charge in [0.1, 0.15) is 12.2 Å². The fourth-order valence-electron chi connectivity index (χ4n) is 1.39. The molecule has 0 saturated carbocycles. The van der Waals surface area contributed by atoms with E-state index in [2.05, 4.69) is 9.89 Å². The van der Waals surface area contributed by atoms with Crippen LogP contribution in [0.3, 0.4) is 0 Å². The summed E-state index contributed by atoms with van der Waals surface area (Å²) in [4.78, 5) is 10.9. The van der Waals surface area contributed by atoms with Crippen molar-refractivity contribution in [3.63, 3.8) is 0 Å². The number of carbonyl (C=O) groups excluding carboxylic acids is 1. The zero-order chi connectivity index (χ0) is 12.2. The molecule has 0 spiro atoms. The number of carbonyl (C=O) groups is 1. The lowest BCUT2D eigenvalue weighted by atomic mass is 10.2. The Morgan fingerprint density at radius 1 is 1.44 bits per heavy atom. The highest BCUT2D eigenvalue weighted by molar-refractivity contribution is 5.82. The second kappa shape index (κ2) is 5.09. The molecule has 16 heavy (non-hydrogen) atoms. The molecule has 1 rings (SSSR count). The zero-order valence-electron chi connectivity index (χ0n) is 9.41. The molecule has 6 heteroatoms. The Balaban J connectivity index is 2.70.